The lowest BCUT2D eigenvalue weighted by molar-refractivity contribution is 0.102. The number of nitrogens with zero attached hydrogens (tertiary/aromatic N) is 5. The average Bonchev–Trinajstić information content (AvgIpc) is 3.39. The van der Waals surface area contributed by atoms with Gasteiger partial charge in [-0.25, -0.2) is 9.50 Å². The highest BCUT2D eigenvalue weighted by Crippen LogP contribution is 2.36. The molecular formula is C23H24ClN7O2. The second kappa shape index (κ2) is 9.21. The van der Waals surface area contributed by atoms with E-state index in [-0.39, 0.29) is 5.91 Å². The lowest BCUT2D eigenvalue weighted by Crippen LogP contribution is -2.37. The van der Waals surface area contributed by atoms with Crippen molar-refractivity contribution in [1.29, 1.82) is 0 Å². The third kappa shape index (κ3) is 4.42. The van der Waals surface area contributed by atoms with Crippen LogP contribution in [0.4, 0.5) is 5.69 Å². The molecule has 1 saturated carbocycles. The summed E-state index contributed by atoms with van der Waals surface area (Å²) in [4.78, 5) is 17.4. The number of aromatic nitrogens is 5. The first-order chi connectivity index (χ1) is 16.1. The highest BCUT2D eigenvalue weighted by Gasteiger charge is 2.21. The van der Waals surface area contributed by atoms with Gasteiger partial charge in [-0.3, -0.25) is 9.48 Å². The van der Waals surface area contributed by atoms with Crippen LogP contribution in [-0.2, 0) is 6.54 Å². The van der Waals surface area contributed by atoms with E-state index in [2.05, 4.69) is 20.7 Å². The molecule has 1 fully saturated rings. The second-order valence-corrected chi connectivity index (χ2v) is 8.42. The van der Waals surface area contributed by atoms with Crippen LogP contribution in [0.15, 0.2) is 49.1 Å². The van der Waals surface area contributed by atoms with Gasteiger partial charge in [-0.15, -0.1) is 0 Å². The molecule has 5 rings (SSSR count). The molecule has 170 valence electrons. The Hall–Kier alpha value is -3.43. The summed E-state index contributed by atoms with van der Waals surface area (Å²) in [5.41, 5.74) is 2.69. The molecule has 9 nitrogen and oxygen atoms in total. The van der Waals surface area contributed by atoms with Crippen LogP contribution >= 0.6 is 11.6 Å². The molecule has 0 spiro atoms. The van der Waals surface area contributed by atoms with E-state index in [4.69, 9.17) is 21.4 Å². The van der Waals surface area contributed by atoms with Gasteiger partial charge < -0.3 is 15.4 Å². The molecule has 0 bridgehead atoms. The van der Waals surface area contributed by atoms with Crippen LogP contribution in [0.5, 0.6) is 5.75 Å². The van der Waals surface area contributed by atoms with Crippen molar-refractivity contribution in [3.05, 3.63) is 59.6 Å². The van der Waals surface area contributed by atoms with Gasteiger partial charge in [0.25, 0.3) is 5.91 Å². The maximum Gasteiger partial charge on any atom is 0.261 e. The fourth-order valence-electron chi connectivity index (χ4n) is 3.86. The molecule has 0 radical (unpaired) electrons. The number of amides is 1. The Morgan fingerprint density at radius 1 is 1.33 bits per heavy atom. The standard InChI is InChI=1S/C23H24ClN7O2/c1-33-20-7-6-15(24)12-17(20)21-19(14-30(29-21)11-9-25-16-4-2-5-16)28-23(32)18-13-27-31-10-3-8-26-22(18)31/h3,6-8,10,12-14,16,25H,2,4-5,9,11H2,1H3,(H,28,32). The molecular weight excluding hydrogens is 442 g/mol. The fourth-order valence-corrected chi connectivity index (χ4v) is 4.04. The van der Waals surface area contributed by atoms with Crippen molar-refractivity contribution in [1.82, 2.24) is 29.7 Å². The molecule has 0 unspecified atom stereocenters. The summed E-state index contributed by atoms with van der Waals surface area (Å²) in [5.74, 6) is 0.295. The van der Waals surface area contributed by atoms with Gasteiger partial charge in [0, 0.05) is 41.8 Å². The smallest absolute Gasteiger partial charge is 0.261 e. The zero-order chi connectivity index (χ0) is 22.8. The molecule has 33 heavy (non-hydrogen) atoms. The summed E-state index contributed by atoms with van der Waals surface area (Å²) < 4.78 is 8.92. The normalized spacial score (nSPS) is 13.8. The van der Waals surface area contributed by atoms with E-state index in [1.165, 1.54) is 25.5 Å². The Bertz CT molecular complexity index is 1300. The quantitative estimate of drug-likeness (QED) is 0.412. The van der Waals surface area contributed by atoms with Crippen LogP contribution < -0.4 is 15.4 Å². The van der Waals surface area contributed by atoms with E-state index < -0.39 is 0 Å². The van der Waals surface area contributed by atoms with Crippen molar-refractivity contribution in [2.75, 3.05) is 19.0 Å². The van der Waals surface area contributed by atoms with Crippen LogP contribution in [0.1, 0.15) is 29.6 Å². The molecule has 3 aromatic heterocycles. The van der Waals surface area contributed by atoms with Crippen molar-refractivity contribution >= 4 is 28.8 Å². The summed E-state index contributed by atoms with van der Waals surface area (Å²) in [7, 11) is 1.59. The van der Waals surface area contributed by atoms with E-state index >= 15 is 0 Å². The third-order valence-corrected chi connectivity index (χ3v) is 6.06. The van der Waals surface area contributed by atoms with Gasteiger partial charge in [0.1, 0.15) is 17.0 Å². The van der Waals surface area contributed by atoms with Crippen LogP contribution in [-0.4, -0.2) is 50.0 Å². The Kier molecular flexibility index (Phi) is 5.97. The van der Waals surface area contributed by atoms with E-state index in [0.29, 0.717) is 51.5 Å². The zero-order valence-corrected chi connectivity index (χ0v) is 18.9. The summed E-state index contributed by atoms with van der Waals surface area (Å²) in [6.07, 6.45) is 10.4. The molecule has 1 aromatic carbocycles. The summed E-state index contributed by atoms with van der Waals surface area (Å²) >= 11 is 6.27. The van der Waals surface area contributed by atoms with Gasteiger partial charge in [0.15, 0.2) is 5.65 Å². The SMILES string of the molecule is COc1ccc(Cl)cc1-c1nn(CCNC2CCC2)cc1NC(=O)c1cnn2cccnc12. The van der Waals surface area contributed by atoms with Crippen LogP contribution in [0.25, 0.3) is 16.9 Å². The number of benzene rings is 1. The molecule has 1 aliphatic carbocycles. The van der Waals surface area contributed by atoms with Crippen LogP contribution in [0, 0.1) is 0 Å². The summed E-state index contributed by atoms with van der Waals surface area (Å²) in [6.45, 7) is 1.46. The lowest BCUT2D eigenvalue weighted by atomic mass is 9.93. The number of methoxy groups -OCH3 is 1. The molecule has 0 atom stereocenters. The van der Waals surface area contributed by atoms with Gasteiger partial charge in [-0.2, -0.15) is 10.2 Å². The van der Waals surface area contributed by atoms with Crippen molar-refractivity contribution in [2.45, 2.75) is 31.8 Å². The Morgan fingerprint density at radius 3 is 3.00 bits per heavy atom. The Labute approximate surface area is 195 Å². The van der Waals surface area contributed by atoms with Gasteiger partial charge in [0.2, 0.25) is 0 Å². The molecule has 1 amide bonds. The molecule has 2 N–H and O–H groups in total. The lowest BCUT2D eigenvalue weighted by Gasteiger charge is -2.26. The summed E-state index contributed by atoms with van der Waals surface area (Å²) in [5, 5.41) is 16.0. The average molecular weight is 466 g/mol. The number of fused-ring (bicyclic) bond motifs is 1. The van der Waals surface area contributed by atoms with Crippen molar-refractivity contribution in [2.24, 2.45) is 0 Å². The number of nitrogens with one attached hydrogen (secondary N) is 2. The van der Waals surface area contributed by atoms with Gasteiger partial charge in [-0.1, -0.05) is 18.0 Å². The maximum absolute atomic E-state index is 13.1. The van der Waals surface area contributed by atoms with E-state index in [0.717, 1.165) is 6.54 Å². The first-order valence-electron chi connectivity index (χ1n) is 10.9. The largest absolute Gasteiger partial charge is 0.496 e. The second-order valence-electron chi connectivity index (χ2n) is 7.98. The van der Waals surface area contributed by atoms with E-state index in [9.17, 15) is 4.79 Å². The fraction of sp³-hybridized carbons (Fsp3) is 0.304. The predicted molar refractivity (Wildman–Crippen MR) is 126 cm³/mol. The predicted octanol–water partition coefficient (Wildman–Crippen LogP) is 3.65. The first-order valence-corrected chi connectivity index (χ1v) is 11.2. The number of hydrogen-bond donors (Lipinski definition) is 2. The third-order valence-electron chi connectivity index (χ3n) is 5.83. The highest BCUT2D eigenvalue weighted by molar-refractivity contribution is 6.31. The Morgan fingerprint density at radius 2 is 2.21 bits per heavy atom. The number of carbonyl (C=O) groups excluding carboxylic acids is 1. The number of hydrogen-bond acceptors (Lipinski definition) is 6. The van der Waals surface area contributed by atoms with Gasteiger partial charge in [-0.05, 0) is 37.1 Å². The Balaban J connectivity index is 1.46. The molecule has 10 heteroatoms. The minimum absolute atomic E-state index is 0.321. The molecule has 1 aliphatic rings. The maximum atomic E-state index is 13.1. The topological polar surface area (TPSA) is 98.4 Å². The number of halogens is 1. The highest BCUT2D eigenvalue weighted by atomic mass is 35.5. The molecule has 4 aromatic rings. The van der Waals surface area contributed by atoms with Gasteiger partial charge in [0.05, 0.1) is 25.5 Å². The first kappa shape index (κ1) is 21.4. The van der Waals surface area contributed by atoms with Crippen molar-refractivity contribution < 1.29 is 9.53 Å². The van der Waals surface area contributed by atoms with E-state index in [1.807, 2.05) is 10.9 Å². The number of ether oxygens (including phenoxy) is 1. The molecule has 0 saturated heterocycles. The molecule has 3 heterocycles. The summed E-state index contributed by atoms with van der Waals surface area (Å²) in [6, 6.07) is 7.68. The zero-order valence-electron chi connectivity index (χ0n) is 18.2. The van der Waals surface area contributed by atoms with Crippen molar-refractivity contribution in [3.8, 4) is 17.0 Å². The van der Waals surface area contributed by atoms with Crippen molar-refractivity contribution in [3.63, 3.8) is 0 Å². The van der Waals surface area contributed by atoms with Gasteiger partial charge >= 0.3 is 0 Å². The number of carbonyl (C=O) groups is 1. The number of rotatable bonds is 8. The monoisotopic (exact) mass is 465 g/mol. The minimum atomic E-state index is -0.321. The number of anilines is 1. The molecule has 0 aliphatic heterocycles. The van der Waals surface area contributed by atoms with Crippen LogP contribution in [0.2, 0.25) is 5.02 Å². The van der Waals surface area contributed by atoms with Crippen LogP contribution in [0.3, 0.4) is 0 Å². The van der Waals surface area contributed by atoms with E-state index in [1.54, 1.807) is 48.3 Å². The minimum Gasteiger partial charge on any atom is -0.496 e.